The number of rotatable bonds is 5. The second-order valence-electron chi connectivity index (χ2n) is 4.77. The van der Waals surface area contributed by atoms with Crippen molar-refractivity contribution in [2.75, 3.05) is 0 Å². The molecule has 0 radical (unpaired) electrons. The quantitative estimate of drug-likeness (QED) is 0.808. The first-order valence-corrected chi connectivity index (χ1v) is 5.75. The molecule has 1 aromatic heterocycles. The van der Waals surface area contributed by atoms with E-state index in [0.717, 1.165) is 37.9 Å². The molecule has 4 heteroatoms. The molecule has 4 nitrogen and oxygen atoms in total. The summed E-state index contributed by atoms with van der Waals surface area (Å²) in [6.07, 6.45) is 5.50. The van der Waals surface area contributed by atoms with Crippen molar-refractivity contribution in [2.45, 2.75) is 57.4 Å². The first-order valence-electron chi connectivity index (χ1n) is 5.75. The lowest BCUT2D eigenvalue weighted by Gasteiger charge is -2.04. The van der Waals surface area contributed by atoms with Crippen LogP contribution in [0.5, 0.6) is 0 Å². The molecule has 1 heterocycles. The second-order valence-corrected chi connectivity index (χ2v) is 4.77. The van der Waals surface area contributed by atoms with Crippen LogP contribution in [0.2, 0.25) is 0 Å². The van der Waals surface area contributed by atoms with Gasteiger partial charge in [0.1, 0.15) is 0 Å². The van der Waals surface area contributed by atoms with E-state index in [1.165, 1.54) is 0 Å². The Labute approximate surface area is 90.2 Å². The van der Waals surface area contributed by atoms with Crippen LogP contribution in [0.1, 0.15) is 63.7 Å². The van der Waals surface area contributed by atoms with Crippen molar-refractivity contribution in [1.29, 1.82) is 0 Å². The van der Waals surface area contributed by atoms with Gasteiger partial charge in [0.05, 0.1) is 6.04 Å². The molecule has 1 aromatic rings. The largest absolute Gasteiger partial charge is 0.338 e. The zero-order valence-electron chi connectivity index (χ0n) is 9.49. The summed E-state index contributed by atoms with van der Waals surface area (Å²) < 4.78 is 5.20. The fraction of sp³-hybridized carbons (Fsp3) is 0.818. The molecule has 1 aliphatic carbocycles. The molecule has 0 spiro atoms. The summed E-state index contributed by atoms with van der Waals surface area (Å²) in [5.41, 5.74) is 6.13. The molecule has 0 aromatic carbocycles. The third-order valence-electron chi connectivity index (χ3n) is 3.17. The van der Waals surface area contributed by atoms with Gasteiger partial charge in [-0.2, -0.15) is 4.98 Å². The van der Waals surface area contributed by atoms with E-state index in [4.69, 9.17) is 10.3 Å². The molecular weight excluding hydrogens is 190 g/mol. The Balaban J connectivity index is 2.00. The Morgan fingerprint density at radius 2 is 2.27 bits per heavy atom. The highest BCUT2D eigenvalue weighted by molar-refractivity contribution is 5.14. The Hall–Kier alpha value is -0.900. The van der Waals surface area contributed by atoms with Gasteiger partial charge in [-0.25, -0.2) is 0 Å². The van der Waals surface area contributed by atoms with E-state index < -0.39 is 0 Å². The van der Waals surface area contributed by atoms with Crippen molar-refractivity contribution >= 4 is 0 Å². The van der Waals surface area contributed by atoms with Crippen molar-refractivity contribution in [3.8, 4) is 0 Å². The van der Waals surface area contributed by atoms with E-state index in [0.29, 0.717) is 5.89 Å². The summed E-state index contributed by atoms with van der Waals surface area (Å²) in [6.45, 7) is 4.32. The van der Waals surface area contributed by atoms with Crippen molar-refractivity contribution in [1.82, 2.24) is 10.1 Å². The van der Waals surface area contributed by atoms with Crippen molar-refractivity contribution in [3.05, 3.63) is 11.7 Å². The molecule has 15 heavy (non-hydrogen) atoms. The van der Waals surface area contributed by atoms with Crippen LogP contribution in [0.25, 0.3) is 0 Å². The van der Waals surface area contributed by atoms with Crippen LogP contribution < -0.4 is 5.73 Å². The van der Waals surface area contributed by atoms with Gasteiger partial charge in [-0.1, -0.05) is 31.8 Å². The van der Waals surface area contributed by atoms with Gasteiger partial charge in [0.15, 0.2) is 5.82 Å². The molecule has 1 saturated carbocycles. The summed E-state index contributed by atoms with van der Waals surface area (Å²) in [5, 5.41) is 4.01. The number of hydrogen-bond donors (Lipinski definition) is 1. The van der Waals surface area contributed by atoms with Gasteiger partial charge in [0.25, 0.3) is 0 Å². The van der Waals surface area contributed by atoms with Crippen LogP contribution in [0.4, 0.5) is 0 Å². The maximum Gasteiger partial charge on any atom is 0.243 e. The van der Waals surface area contributed by atoms with Crippen LogP contribution in [0, 0.1) is 0 Å². The van der Waals surface area contributed by atoms with Gasteiger partial charge < -0.3 is 10.3 Å². The predicted octanol–water partition coefficient (Wildman–Crippen LogP) is 2.31. The minimum atomic E-state index is -0.0893. The average molecular weight is 209 g/mol. The van der Waals surface area contributed by atoms with Gasteiger partial charge in [-0.15, -0.1) is 0 Å². The number of aromatic nitrogens is 2. The molecule has 0 saturated heterocycles. The van der Waals surface area contributed by atoms with Crippen LogP contribution in [0.15, 0.2) is 4.52 Å². The first-order chi connectivity index (χ1) is 7.15. The van der Waals surface area contributed by atoms with Crippen molar-refractivity contribution in [3.63, 3.8) is 0 Å². The summed E-state index contributed by atoms with van der Waals surface area (Å²) in [6, 6.07) is -0.0893. The lowest BCUT2D eigenvalue weighted by atomic mass is 10.1. The highest BCUT2D eigenvalue weighted by atomic mass is 16.5. The van der Waals surface area contributed by atoms with Crippen LogP contribution in [-0.2, 0) is 5.41 Å². The fourth-order valence-electron chi connectivity index (χ4n) is 1.59. The van der Waals surface area contributed by atoms with Gasteiger partial charge in [-0.3, -0.25) is 0 Å². The van der Waals surface area contributed by atoms with Gasteiger partial charge in [0.2, 0.25) is 5.89 Å². The lowest BCUT2D eigenvalue weighted by Crippen LogP contribution is -2.11. The Bertz CT molecular complexity index is 330. The first kappa shape index (κ1) is 10.6. The molecule has 0 bridgehead atoms. The summed E-state index contributed by atoms with van der Waals surface area (Å²) in [4.78, 5) is 4.39. The summed E-state index contributed by atoms with van der Waals surface area (Å²) >= 11 is 0. The lowest BCUT2D eigenvalue weighted by molar-refractivity contribution is 0.340. The van der Waals surface area contributed by atoms with Gasteiger partial charge in [0, 0.05) is 5.41 Å². The molecule has 1 atom stereocenters. The molecule has 0 amide bonds. The van der Waals surface area contributed by atoms with E-state index in [-0.39, 0.29) is 11.5 Å². The standard InChI is InChI=1S/C11H19N3O/c1-3-4-5-8(12)9-13-10(14-15-9)11(2)6-7-11/h8H,3-7,12H2,1-2H3. The van der Waals surface area contributed by atoms with E-state index in [9.17, 15) is 0 Å². The predicted molar refractivity (Wildman–Crippen MR) is 57.3 cm³/mol. The third-order valence-corrected chi connectivity index (χ3v) is 3.17. The SMILES string of the molecule is CCCCC(N)c1nc(C2(C)CC2)no1. The third kappa shape index (κ3) is 2.20. The molecular formula is C11H19N3O. The minimum absolute atomic E-state index is 0.0893. The maximum atomic E-state index is 5.96. The van der Waals surface area contributed by atoms with E-state index in [1.807, 2.05) is 0 Å². The van der Waals surface area contributed by atoms with E-state index in [2.05, 4.69) is 24.0 Å². The molecule has 1 fully saturated rings. The maximum absolute atomic E-state index is 5.96. The minimum Gasteiger partial charge on any atom is -0.338 e. The summed E-state index contributed by atoms with van der Waals surface area (Å²) in [7, 11) is 0. The topological polar surface area (TPSA) is 64.9 Å². The van der Waals surface area contributed by atoms with Crippen LogP contribution in [0.3, 0.4) is 0 Å². The number of nitrogens with two attached hydrogens (primary N) is 1. The van der Waals surface area contributed by atoms with Gasteiger partial charge in [-0.05, 0) is 19.3 Å². The Kier molecular flexibility index (Phi) is 2.78. The average Bonchev–Trinajstić information content (AvgIpc) is 2.82. The molecule has 2 rings (SSSR count). The molecule has 2 N–H and O–H groups in total. The normalized spacial score (nSPS) is 20.2. The molecule has 1 aliphatic rings. The Morgan fingerprint density at radius 1 is 1.53 bits per heavy atom. The van der Waals surface area contributed by atoms with Gasteiger partial charge >= 0.3 is 0 Å². The zero-order chi connectivity index (χ0) is 10.9. The zero-order valence-corrected chi connectivity index (χ0v) is 9.49. The van der Waals surface area contributed by atoms with Crippen LogP contribution >= 0.6 is 0 Å². The summed E-state index contributed by atoms with van der Waals surface area (Å²) in [5.74, 6) is 1.44. The molecule has 0 aliphatic heterocycles. The van der Waals surface area contributed by atoms with E-state index in [1.54, 1.807) is 0 Å². The smallest absolute Gasteiger partial charge is 0.243 e. The van der Waals surface area contributed by atoms with Crippen LogP contribution in [-0.4, -0.2) is 10.1 Å². The van der Waals surface area contributed by atoms with Crippen molar-refractivity contribution < 1.29 is 4.52 Å². The number of hydrogen-bond acceptors (Lipinski definition) is 4. The number of nitrogens with zero attached hydrogens (tertiary/aromatic N) is 2. The second kappa shape index (κ2) is 3.93. The fourth-order valence-corrected chi connectivity index (χ4v) is 1.59. The number of unbranched alkanes of at least 4 members (excludes halogenated alkanes) is 1. The van der Waals surface area contributed by atoms with Crippen molar-refractivity contribution in [2.24, 2.45) is 5.73 Å². The monoisotopic (exact) mass is 209 g/mol. The Morgan fingerprint density at radius 3 is 2.87 bits per heavy atom. The van der Waals surface area contributed by atoms with E-state index >= 15 is 0 Å². The molecule has 84 valence electrons. The highest BCUT2D eigenvalue weighted by Gasteiger charge is 2.43. The highest BCUT2D eigenvalue weighted by Crippen LogP contribution is 2.46. The molecule has 1 unspecified atom stereocenters.